The number of hydrogen-bond donors (Lipinski definition) is 0. The van der Waals surface area contributed by atoms with Crippen molar-refractivity contribution < 1.29 is 19.0 Å². The van der Waals surface area contributed by atoms with Gasteiger partial charge >= 0.3 is 5.97 Å². The second-order valence-electron chi connectivity index (χ2n) is 2.23. The molecule has 1 aliphatic rings. The first-order valence-electron chi connectivity index (χ1n) is 3.30. The van der Waals surface area contributed by atoms with Crippen LogP contribution in [0.15, 0.2) is 12.5 Å². The molecule has 0 bridgehead atoms. The van der Waals surface area contributed by atoms with Crippen LogP contribution in [0.3, 0.4) is 0 Å². The molecule has 0 spiro atoms. The maximum atomic E-state index is 10.3. The zero-order chi connectivity index (χ0) is 8.27. The number of esters is 1. The quantitative estimate of drug-likeness (QED) is 0.547. The summed E-state index contributed by atoms with van der Waals surface area (Å²) in [7, 11) is 0. The molecule has 0 radical (unpaired) electrons. The smallest absolute Gasteiger partial charge is 0.302 e. The van der Waals surface area contributed by atoms with Crippen molar-refractivity contribution >= 4 is 5.97 Å². The summed E-state index contributed by atoms with van der Waals surface area (Å²) in [5, 5.41) is 0. The lowest BCUT2D eigenvalue weighted by Gasteiger charge is -2.05. The van der Waals surface area contributed by atoms with Gasteiger partial charge in [-0.1, -0.05) is 0 Å². The SMILES string of the molecule is C=C1OCC(COC(C)=O)O1. The zero-order valence-electron chi connectivity index (χ0n) is 6.33. The monoisotopic (exact) mass is 158 g/mol. The van der Waals surface area contributed by atoms with Gasteiger partial charge in [-0.2, -0.15) is 0 Å². The van der Waals surface area contributed by atoms with Crippen LogP contribution in [-0.4, -0.2) is 25.3 Å². The molecule has 0 saturated carbocycles. The summed E-state index contributed by atoms with van der Waals surface area (Å²) in [4.78, 5) is 10.3. The Hall–Kier alpha value is -1.19. The third-order valence-corrected chi connectivity index (χ3v) is 1.20. The Morgan fingerprint density at radius 3 is 3.09 bits per heavy atom. The number of carbonyl (C=O) groups excluding carboxylic acids is 1. The van der Waals surface area contributed by atoms with Crippen LogP contribution in [0, 0.1) is 0 Å². The number of carbonyl (C=O) groups is 1. The van der Waals surface area contributed by atoms with Crippen LogP contribution in [0.1, 0.15) is 6.92 Å². The summed E-state index contributed by atoms with van der Waals surface area (Å²) in [6.07, 6.45) is -0.189. The predicted molar refractivity (Wildman–Crippen MR) is 36.6 cm³/mol. The highest BCUT2D eigenvalue weighted by Crippen LogP contribution is 2.12. The predicted octanol–water partition coefficient (Wildman–Crippen LogP) is 0.436. The van der Waals surface area contributed by atoms with Crippen molar-refractivity contribution in [2.75, 3.05) is 13.2 Å². The minimum absolute atomic E-state index is 0.189. The zero-order valence-corrected chi connectivity index (χ0v) is 6.33. The third-order valence-electron chi connectivity index (χ3n) is 1.20. The first kappa shape index (κ1) is 7.91. The Kier molecular flexibility index (Phi) is 2.36. The summed E-state index contributed by atoms with van der Waals surface area (Å²) in [5.41, 5.74) is 0. The van der Waals surface area contributed by atoms with Crippen LogP contribution < -0.4 is 0 Å². The average Bonchev–Trinajstić information content (AvgIpc) is 2.31. The highest BCUT2D eigenvalue weighted by atomic mass is 16.7. The Morgan fingerprint density at radius 2 is 2.64 bits per heavy atom. The lowest BCUT2D eigenvalue weighted by Crippen LogP contribution is -2.18. The number of ether oxygens (including phenoxy) is 3. The molecule has 1 aliphatic heterocycles. The second-order valence-corrected chi connectivity index (χ2v) is 2.23. The van der Waals surface area contributed by atoms with E-state index in [2.05, 4.69) is 11.3 Å². The highest BCUT2D eigenvalue weighted by molar-refractivity contribution is 5.65. The van der Waals surface area contributed by atoms with Gasteiger partial charge in [-0.15, -0.1) is 0 Å². The topological polar surface area (TPSA) is 44.8 Å². The van der Waals surface area contributed by atoms with Gasteiger partial charge in [-0.3, -0.25) is 4.79 Å². The summed E-state index contributed by atoms with van der Waals surface area (Å²) in [6.45, 7) is 5.44. The Morgan fingerprint density at radius 1 is 1.91 bits per heavy atom. The molecule has 1 heterocycles. The minimum atomic E-state index is -0.314. The van der Waals surface area contributed by atoms with Gasteiger partial charge in [0.25, 0.3) is 5.95 Å². The van der Waals surface area contributed by atoms with Crippen molar-refractivity contribution in [2.45, 2.75) is 13.0 Å². The fourth-order valence-corrected chi connectivity index (χ4v) is 0.732. The molecule has 1 atom stereocenters. The maximum Gasteiger partial charge on any atom is 0.302 e. The molecule has 0 aromatic rings. The van der Waals surface area contributed by atoms with Crippen molar-refractivity contribution in [3.63, 3.8) is 0 Å². The maximum absolute atomic E-state index is 10.3. The molecule has 1 fully saturated rings. The fourth-order valence-electron chi connectivity index (χ4n) is 0.732. The lowest BCUT2D eigenvalue weighted by atomic mass is 10.4. The van der Waals surface area contributed by atoms with Crippen LogP contribution >= 0.6 is 0 Å². The largest absolute Gasteiger partial charge is 0.462 e. The Labute approximate surface area is 64.7 Å². The molecule has 4 heteroatoms. The number of rotatable bonds is 2. The molecule has 1 unspecified atom stereocenters. The molecule has 4 nitrogen and oxygen atoms in total. The van der Waals surface area contributed by atoms with Gasteiger partial charge in [0.2, 0.25) is 0 Å². The molecule has 0 amide bonds. The molecule has 11 heavy (non-hydrogen) atoms. The molecule has 0 aromatic carbocycles. The van der Waals surface area contributed by atoms with E-state index in [1.54, 1.807) is 0 Å². The molecule has 0 N–H and O–H groups in total. The van der Waals surface area contributed by atoms with Gasteiger partial charge in [0, 0.05) is 6.92 Å². The van der Waals surface area contributed by atoms with Crippen LogP contribution in [0.2, 0.25) is 0 Å². The Balaban J connectivity index is 2.18. The van der Waals surface area contributed by atoms with E-state index in [1.807, 2.05) is 0 Å². The van der Waals surface area contributed by atoms with E-state index in [0.29, 0.717) is 12.6 Å². The minimum Gasteiger partial charge on any atom is -0.462 e. The molecule has 0 aromatic heterocycles. The molecular formula is C7H10O4. The van der Waals surface area contributed by atoms with E-state index in [1.165, 1.54) is 6.92 Å². The van der Waals surface area contributed by atoms with Gasteiger partial charge in [-0.25, -0.2) is 0 Å². The lowest BCUT2D eigenvalue weighted by molar-refractivity contribution is -0.143. The van der Waals surface area contributed by atoms with Gasteiger partial charge in [0.1, 0.15) is 13.2 Å². The van der Waals surface area contributed by atoms with E-state index in [4.69, 9.17) is 9.47 Å². The molecule has 1 rings (SSSR count). The number of hydrogen-bond acceptors (Lipinski definition) is 4. The van der Waals surface area contributed by atoms with Crippen LogP contribution in [0.5, 0.6) is 0 Å². The summed E-state index contributed by atoms with van der Waals surface area (Å²) < 4.78 is 14.6. The van der Waals surface area contributed by atoms with Gasteiger partial charge in [-0.05, 0) is 6.58 Å². The van der Waals surface area contributed by atoms with Crippen molar-refractivity contribution in [1.29, 1.82) is 0 Å². The van der Waals surface area contributed by atoms with E-state index in [0.717, 1.165) is 0 Å². The van der Waals surface area contributed by atoms with E-state index >= 15 is 0 Å². The molecular weight excluding hydrogens is 148 g/mol. The van der Waals surface area contributed by atoms with Crippen molar-refractivity contribution in [1.82, 2.24) is 0 Å². The highest BCUT2D eigenvalue weighted by Gasteiger charge is 2.21. The van der Waals surface area contributed by atoms with Crippen LogP contribution in [0.25, 0.3) is 0 Å². The van der Waals surface area contributed by atoms with E-state index < -0.39 is 0 Å². The van der Waals surface area contributed by atoms with Crippen molar-refractivity contribution in [3.8, 4) is 0 Å². The summed E-state index contributed by atoms with van der Waals surface area (Å²) >= 11 is 0. The summed E-state index contributed by atoms with van der Waals surface area (Å²) in [5.74, 6) is -0.0201. The van der Waals surface area contributed by atoms with E-state index in [9.17, 15) is 4.79 Å². The normalized spacial score (nSPS) is 22.3. The van der Waals surface area contributed by atoms with Gasteiger partial charge < -0.3 is 14.2 Å². The molecule has 0 aliphatic carbocycles. The van der Waals surface area contributed by atoms with Crippen LogP contribution in [-0.2, 0) is 19.0 Å². The van der Waals surface area contributed by atoms with E-state index in [-0.39, 0.29) is 18.7 Å². The first-order valence-corrected chi connectivity index (χ1v) is 3.30. The first-order chi connectivity index (χ1) is 5.18. The second kappa shape index (κ2) is 3.27. The summed E-state index contributed by atoms with van der Waals surface area (Å²) in [6, 6.07) is 0. The van der Waals surface area contributed by atoms with Gasteiger partial charge in [0.05, 0.1) is 0 Å². The molecule has 1 saturated heterocycles. The fraction of sp³-hybridized carbons (Fsp3) is 0.571. The van der Waals surface area contributed by atoms with Crippen molar-refractivity contribution in [2.24, 2.45) is 0 Å². The average molecular weight is 158 g/mol. The Bertz CT molecular complexity index is 175. The van der Waals surface area contributed by atoms with Gasteiger partial charge in [0.15, 0.2) is 6.10 Å². The molecule has 62 valence electrons. The standard InChI is InChI=1S/C7H10O4/c1-5(8)9-3-7-4-10-6(2)11-7/h7H,2-4H2,1H3. The third kappa shape index (κ3) is 2.49. The van der Waals surface area contributed by atoms with Crippen molar-refractivity contribution in [3.05, 3.63) is 12.5 Å². The van der Waals surface area contributed by atoms with Crippen LogP contribution in [0.4, 0.5) is 0 Å².